The van der Waals surface area contributed by atoms with Gasteiger partial charge in [0.25, 0.3) is 0 Å². The molecule has 0 atom stereocenters. The summed E-state index contributed by atoms with van der Waals surface area (Å²) < 4.78 is 0. The SMILES string of the molecule is Cc1cccc(CC2(CN)CC2)c1C. The average molecular weight is 189 g/mol. The number of aryl methyl sites for hydroxylation is 1. The van der Waals surface area contributed by atoms with Crippen molar-refractivity contribution in [3.8, 4) is 0 Å². The van der Waals surface area contributed by atoms with Gasteiger partial charge in [0, 0.05) is 0 Å². The summed E-state index contributed by atoms with van der Waals surface area (Å²) in [6.07, 6.45) is 3.81. The van der Waals surface area contributed by atoms with E-state index < -0.39 is 0 Å². The zero-order valence-electron chi connectivity index (χ0n) is 9.14. The van der Waals surface area contributed by atoms with Crippen molar-refractivity contribution in [3.05, 3.63) is 34.9 Å². The van der Waals surface area contributed by atoms with Crippen LogP contribution >= 0.6 is 0 Å². The lowest BCUT2D eigenvalue weighted by atomic mass is 9.92. The maximum atomic E-state index is 5.80. The van der Waals surface area contributed by atoms with E-state index in [0.717, 1.165) is 6.54 Å². The normalized spacial score (nSPS) is 18.2. The first-order valence-corrected chi connectivity index (χ1v) is 5.42. The molecule has 2 N–H and O–H groups in total. The summed E-state index contributed by atoms with van der Waals surface area (Å²) in [5, 5.41) is 0. The molecule has 1 saturated carbocycles. The van der Waals surface area contributed by atoms with Crippen LogP contribution in [0.3, 0.4) is 0 Å². The van der Waals surface area contributed by atoms with E-state index in [1.54, 1.807) is 0 Å². The van der Waals surface area contributed by atoms with Crippen molar-refractivity contribution in [2.75, 3.05) is 6.54 Å². The zero-order chi connectivity index (χ0) is 10.2. The summed E-state index contributed by atoms with van der Waals surface area (Å²) >= 11 is 0. The van der Waals surface area contributed by atoms with Gasteiger partial charge in [-0.1, -0.05) is 18.2 Å². The summed E-state index contributed by atoms with van der Waals surface area (Å²) in [5.74, 6) is 0. The Balaban J connectivity index is 2.21. The molecular weight excluding hydrogens is 170 g/mol. The molecule has 0 amide bonds. The molecule has 1 nitrogen and oxygen atoms in total. The Morgan fingerprint density at radius 1 is 1.29 bits per heavy atom. The fraction of sp³-hybridized carbons (Fsp3) is 0.538. The van der Waals surface area contributed by atoms with E-state index in [1.165, 1.54) is 36.0 Å². The first-order valence-electron chi connectivity index (χ1n) is 5.42. The summed E-state index contributed by atoms with van der Waals surface area (Å²) in [6, 6.07) is 6.59. The Morgan fingerprint density at radius 3 is 2.57 bits per heavy atom. The summed E-state index contributed by atoms with van der Waals surface area (Å²) in [6.45, 7) is 5.25. The third-order valence-electron chi connectivity index (χ3n) is 3.67. The predicted molar refractivity (Wildman–Crippen MR) is 60.3 cm³/mol. The topological polar surface area (TPSA) is 26.0 Å². The van der Waals surface area contributed by atoms with Gasteiger partial charge in [-0.05, 0) is 61.8 Å². The van der Waals surface area contributed by atoms with Gasteiger partial charge in [0.2, 0.25) is 0 Å². The summed E-state index contributed by atoms with van der Waals surface area (Å²) in [5.41, 5.74) is 10.6. The molecule has 0 aliphatic heterocycles. The second-order valence-corrected chi connectivity index (χ2v) is 4.74. The highest BCUT2D eigenvalue weighted by atomic mass is 14.6. The minimum atomic E-state index is 0.457. The molecule has 0 spiro atoms. The van der Waals surface area contributed by atoms with Crippen molar-refractivity contribution in [1.82, 2.24) is 0 Å². The van der Waals surface area contributed by atoms with Crippen LogP contribution in [0.1, 0.15) is 29.5 Å². The second-order valence-electron chi connectivity index (χ2n) is 4.74. The van der Waals surface area contributed by atoms with Gasteiger partial charge in [0.05, 0.1) is 0 Å². The van der Waals surface area contributed by atoms with Crippen LogP contribution in [0, 0.1) is 19.3 Å². The van der Waals surface area contributed by atoms with Gasteiger partial charge < -0.3 is 5.73 Å². The third-order valence-corrected chi connectivity index (χ3v) is 3.67. The maximum Gasteiger partial charge on any atom is -0.00173 e. The van der Waals surface area contributed by atoms with Crippen molar-refractivity contribution in [2.45, 2.75) is 33.1 Å². The van der Waals surface area contributed by atoms with Crippen LogP contribution < -0.4 is 5.73 Å². The first kappa shape index (κ1) is 9.72. The molecule has 0 saturated heterocycles. The van der Waals surface area contributed by atoms with E-state index in [4.69, 9.17) is 5.73 Å². The van der Waals surface area contributed by atoms with Gasteiger partial charge in [0.1, 0.15) is 0 Å². The molecule has 0 unspecified atom stereocenters. The van der Waals surface area contributed by atoms with E-state index in [1.807, 2.05) is 0 Å². The lowest BCUT2D eigenvalue weighted by Gasteiger charge is -2.15. The quantitative estimate of drug-likeness (QED) is 0.777. The predicted octanol–water partition coefficient (Wildman–Crippen LogP) is 2.58. The number of benzene rings is 1. The molecule has 0 heterocycles. The van der Waals surface area contributed by atoms with Gasteiger partial charge in [-0.3, -0.25) is 0 Å². The lowest BCUT2D eigenvalue weighted by molar-refractivity contribution is 0.519. The smallest absolute Gasteiger partial charge is 0.00173 e. The van der Waals surface area contributed by atoms with Gasteiger partial charge in [-0.2, -0.15) is 0 Å². The fourth-order valence-electron chi connectivity index (χ4n) is 2.04. The Bertz CT molecular complexity index is 337. The Kier molecular flexibility index (Phi) is 2.36. The van der Waals surface area contributed by atoms with E-state index >= 15 is 0 Å². The van der Waals surface area contributed by atoms with Crippen molar-refractivity contribution >= 4 is 0 Å². The number of hydrogen-bond acceptors (Lipinski definition) is 1. The molecule has 1 heteroatoms. The van der Waals surface area contributed by atoms with E-state index in [2.05, 4.69) is 32.0 Å². The van der Waals surface area contributed by atoms with Crippen molar-refractivity contribution < 1.29 is 0 Å². The third kappa shape index (κ3) is 1.69. The van der Waals surface area contributed by atoms with Crippen LogP contribution in [0.15, 0.2) is 18.2 Å². The van der Waals surface area contributed by atoms with Crippen molar-refractivity contribution in [2.24, 2.45) is 11.1 Å². The second kappa shape index (κ2) is 3.39. The number of hydrogen-bond donors (Lipinski definition) is 1. The molecule has 0 bridgehead atoms. The summed E-state index contributed by atoms with van der Waals surface area (Å²) in [4.78, 5) is 0. The van der Waals surface area contributed by atoms with Gasteiger partial charge in [-0.25, -0.2) is 0 Å². The van der Waals surface area contributed by atoms with Gasteiger partial charge >= 0.3 is 0 Å². The zero-order valence-corrected chi connectivity index (χ0v) is 9.14. The van der Waals surface area contributed by atoms with Crippen LogP contribution in [-0.2, 0) is 6.42 Å². The van der Waals surface area contributed by atoms with Crippen LogP contribution in [0.25, 0.3) is 0 Å². The highest BCUT2D eigenvalue weighted by Crippen LogP contribution is 2.47. The molecule has 76 valence electrons. The molecule has 1 aromatic rings. The molecule has 0 radical (unpaired) electrons. The Hall–Kier alpha value is -0.820. The largest absolute Gasteiger partial charge is 0.330 e. The van der Waals surface area contributed by atoms with Crippen LogP contribution in [-0.4, -0.2) is 6.54 Å². The van der Waals surface area contributed by atoms with Crippen LogP contribution in [0.2, 0.25) is 0 Å². The van der Waals surface area contributed by atoms with Crippen LogP contribution in [0.4, 0.5) is 0 Å². The van der Waals surface area contributed by atoms with Gasteiger partial charge in [0.15, 0.2) is 0 Å². The average Bonchev–Trinajstić information content (AvgIpc) is 2.94. The molecule has 0 aromatic heterocycles. The monoisotopic (exact) mass is 189 g/mol. The minimum absolute atomic E-state index is 0.457. The number of nitrogens with two attached hydrogens (primary N) is 1. The highest BCUT2D eigenvalue weighted by molar-refractivity contribution is 5.34. The van der Waals surface area contributed by atoms with E-state index in [-0.39, 0.29) is 0 Å². The first-order chi connectivity index (χ1) is 6.67. The van der Waals surface area contributed by atoms with Crippen molar-refractivity contribution in [1.29, 1.82) is 0 Å². The standard InChI is InChI=1S/C13H19N/c1-10-4-3-5-12(11(10)2)8-13(9-14)6-7-13/h3-5H,6-9,14H2,1-2H3. The molecular formula is C13H19N. The molecule has 1 aliphatic carbocycles. The summed E-state index contributed by atoms with van der Waals surface area (Å²) in [7, 11) is 0. The molecule has 1 aliphatic rings. The van der Waals surface area contributed by atoms with Crippen molar-refractivity contribution in [3.63, 3.8) is 0 Å². The minimum Gasteiger partial charge on any atom is -0.330 e. The van der Waals surface area contributed by atoms with Crippen LogP contribution in [0.5, 0.6) is 0 Å². The van der Waals surface area contributed by atoms with Gasteiger partial charge in [-0.15, -0.1) is 0 Å². The van der Waals surface area contributed by atoms with E-state index in [0.29, 0.717) is 5.41 Å². The highest BCUT2D eigenvalue weighted by Gasteiger charge is 2.41. The maximum absolute atomic E-state index is 5.80. The molecule has 1 fully saturated rings. The Labute approximate surface area is 86.3 Å². The fourth-order valence-corrected chi connectivity index (χ4v) is 2.04. The number of rotatable bonds is 3. The molecule has 2 rings (SSSR count). The lowest BCUT2D eigenvalue weighted by Crippen LogP contribution is -2.18. The molecule has 1 aromatic carbocycles. The Morgan fingerprint density at radius 2 is 2.00 bits per heavy atom. The van der Waals surface area contributed by atoms with E-state index in [9.17, 15) is 0 Å². The molecule has 14 heavy (non-hydrogen) atoms.